The van der Waals surface area contributed by atoms with Gasteiger partial charge in [0.15, 0.2) is 0 Å². The monoisotopic (exact) mass is 498 g/mol. The van der Waals surface area contributed by atoms with Gasteiger partial charge in [0.1, 0.15) is 18.2 Å². The van der Waals surface area contributed by atoms with Gasteiger partial charge in [-0.2, -0.15) is 18.2 Å². The Morgan fingerprint density at radius 3 is 2.67 bits per heavy atom. The molecule has 3 aromatic heterocycles. The SMILES string of the molecule is Cc1ccccc1OCCn1nc2nc(N3CCc4ncc(C(F)(F)F)cc4C3)c(C)c(C)n2c1=O. The number of pyridine rings is 1. The predicted octanol–water partition coefficient (Wildman–Crippen LogP) is 3.87. The summed E-state index contributed by atoms with van der Waals surface area (Å²) in [6, 6.07) is 8.78. The summed E-state index contributed by atoms with van der Waals surface area (Å²) >= 11 is 0. The molecule has 1 aliphatic heterocycles. The summed E-state index contributed by atoms with van der Waals surface area (Å²) in [5, 5.41) is 4.40. The van der Waals surface area contributed by atoms with Crippen LogP contribution in [0.3, 0.4) is 0 Å². The fourth-order valence-electron chi connectivity index (χ4n) is 4.45. The Bertz CT molecular complexity index is 1510. The van der Waals surface area contributed by atoms with E-state index in [1.165, 1.54) is 9.08 Å². The molecule has 8 nitrogen and oxygen atoms in total. The molecule has 0 spiro atoms. The van der Waals surface area contributed by atoms with E-state index in [4.69, 9.17) is 4.74 Å². The van der Waals surface area contributed by atoms with Crippen molar-refractivity contribution < 1.29 is 17.9 Å². The maximum absolute atomic E-state index is 13.2. The van der Waals surface area contributed by atoms with Crippen molar-refractivity contribution >= 4 is 11.6 Å². The number of rotatable bonds is 5. The molecule has 0 saturated carbocycles. The van der Waals surface area contributed by atoms with Crippen molar-refractivity contribution in [1.82, 2.24) is 24.1 Å². The predicted molar refractivity (Wildman–Crippen MR) is 127 cm³/mol. The first-order valence-electron chi connectivity index (χ1n) is 11.6. The molecule has 4 heterocycles. The number of anilines is 1. The summed E-state index contributed by atoms with van der Waals surface area (Å²) < 4.78 is 48.2. The van der Waals surface area contributed by atoms with E-state index in [1.807, 2.05) is 49.9 Å². The van der Waals surface area contributed by atoms with E-state index in [-0.39, 0.29) is 31.2 Å². The van der Waals surface area contributed by atoms with Crippen LogP contribution < -0.4 is 15.3 Å². The van der Waals surface area contributed by atoms with Crippen molar-refractivity contribution in [3.8, 4) is 5.75 Å². The van der Waals surface area contributed by atoms with Crippen molar-refractivity contribution in [2.24, 2.45) is 0 Å². The molecule has 0 aliphatic carbocycles. The number of ether oxygens (including phenoxy) is 1. The molecule has 188 valence electrons. The molecule has 5 rings (SSSR count). The quantitative estimate of drug-likeness (QED) is 0.416. The number of hydrogen-bond donors (Lipinski definition) is 0. The number of aryl methyl sites for hydroxylation is 2. The molecule has 0 fully saturated rings. The van der Waals surface area contributed by atoms with Gasteiger partial charge in [0.05, 0.1) is 12.1 Å². The third-order valence-corrected chi connectivity index (χ3v) is 6.56. The van der Waals surface area contributed by atoms with Gasteiger partial charge in [0, 0.05) is 42.7 Å². The fraction of sp³-hybridized carbons (Fsp3) is 0.360. The molecule has 0 radical (unpaired) electrons. The van der Waals surface area contributed by atoms with E-state index < -0.39 is 11.7 Å². The Kier molecular flexibility index (Phi) is 5.93. The van der Waals surface area contributed by atoms with Crippen molar-refractivity contribution in [1.29, 1.82) is 0 Å². The molecule has 0 saturated heterocycles. The number of alkyl halides is 3. The van der Waals surface area contributed by atoms with Gasteiger partial charge in [0.2, 0.25) is 0 Å². The Hall–Kier alpha value is -3.89. The van der Waals surface area contributed by atoms with E-state index in [1.54, 1.807) is 0 Å². The summed E-state index contributed by atoms with van der Waals surface area (Å²) in [5.74, 6) is 1.58. The molecule has 11 heteroatoms. The second-order valence-corrected chi connectivity index (χ2v) is 8.90. The average molecular weight is 499 g/mol. The summed E-state index contributed by atoms with van der Waals surface area (Å²) in [4.78, 5) is 23.6. The Morgan fingerprint density at radius 1 is 1.14 bits per heavy atom. The number of nitrogens with zero attached hydrogens (tertiary/aromatic N) is 6. The molecule has 0 amide bonds. The normalized spacial score (nSPS) is 13.8. The number of aromatic nitrogens is 5. The summed E-state index contributed by atoms with van der Waals surface area (Å²) in [6.07, 6.45) is -3.07. The van der Waals surface area contributed by atoms with Gasteiger partial charge < -0.3 is 9.64 Å². The van der Waals surface area contributed by atoms with Crippen molar-refractivity contribution in [3.05, 3.63) is 80.7 Å². The largest absolute Gasteiger partial charge is 0.491 e. The fourth-order valence-corrected chi connectivity index (χ4v) is 4.45. The van der Waals surface area contributed by atoms with Crippen LogP contribution in [-0.4, -0.2) is 37.3 Å². The molecule has 0 bridgehead atoms. The van der Waals surface area contributed by atoms with E-state index >= 15 is 0 Å². The highest BCUT2D eigenvalue weighted by molar-refractivity contribution is 5.55. The highest BCUT2D eigenvalue weighted by Gasteiger charge is 2.33. The molecule has 1 aliphatic rings. The maximum atomic E-state index is 13.2. The van der Waals surface area contributed by atoms with Gasteiger partial charge in [-0.15, -0.1) is 5.10 Å². The topological polar surface area (TPSA) is 77.6 Å². The first-order chi connectivity index (χ1) is 17.1. The van der Waals surface area contributed by atoms with Crippen LogP contribution in [0.5, 0.6) is 5.75 Å². The smallest absolute Gasteiger partial charge is 0.417 e. The minimum absolute atomic E-state index is 0.238. The number of fused-ring (bicyclic) bond motifs is 2. The van der Waals surface area contributed by atoms with E-state index in [0.29, 0.717) is 35.7 Å². The minimum Gasteiger partial charge on any atom is -0.491 e. The lowest BCUT2D eigenvalue weighted by Gasteiger charge is -2.31. The van der Waals surface area contributed by atoms with Crippen LogP contribution in [0.15, 0.2) is 41.3 Å². The van der Waals surface area contributed by atoms with E-state index in [9.17, 15) is 18.0 Å². The van der Waals surface area contributed by atoms with Gasteiger partial charge >= 0.3 is 11.9 Å². The van der Waals surface area contributed by atoms with Crippen LogP contribution in [0.1, 0.15) is 33.6 Å². The second kappa shape index (κ2) is 8.96. The number of benzene rings is 1. The number of para-hydroxylation sites is 1. The first-order valence-corrected chi connectivity index (χ1v) is 11.6. The van der Waals surface area contributed by atoms with Crippen molar-refractivity contribution in [2.45, 2.75) is 46.5 Å². The summed E-state index contributed by atoms with van der Waals surface area (Å²) in [6.45, 7) is 6.90. The lowest BCUT2D eigenvalue weighted by Crippen LogP contribution is -2.33. The third-order valence-electron chi connectivity index (χ3n) is 6.56. The maximum Gasteiger partial charge on any atom is 0.417 e. The molecular formula is C25H25F3N6O2. The summed E-state index contributed by atoms with van der Waals surface area (Å²) in [7, 11) is 0. The van der Waals surface area contributed by atoms with Crippen molar-refractivity contribution in [2.75, 3.05) is 18.1 Å². The minimum atomic E-state index is -4.45. The lowest BCUT2D eigenvalue weighted by molar-refractivity contribution is -0.137. The molecule has 1 aromatic carbocycles. The van der Waals surface area contributed by atoms with Crippen LogP contribution in [0, 0.1) is 20.8 Å². The zero-order valence-corrected chi connectivity index (χ0v) is 20.1. The Morgan fingerprint density at radius 2 is 1.92 bits per heavy atom. The first kappa shape index (κ1) is 23.8. The molecule has 0 N–H and O–H groups in total. The van der Waals surface area contributed by atoms with Crippen LogP contribution >= 0.6 is 0 Å². The molecular weight excluding hydrogens is 473 g/mol. The number of hydrogen-bond acceptors (Lipinski definition) is 6. The van der Waals surface area contributed by atoms with Crippen molar-refractivity contribution in [3.63, 3.8) is 0 Å². The van der Waals surface area contributed by atoms with Gasteiger partial charge in [-0.1, -0.05) is 18.2 Å². The van der Waals surface area contributed by atoms with E-state index in [2.05, 4.69) is 15.1 Å². The van der Waals surface area contributed by atoms with Gasteiger partial charge in [0.25, 0.3) is 5.78 Å². The average Bonchev–Trinajstić information content (AvgIpc) is 3.16. The zero-order valence-electron chi connectivity index (χ0n) is 20.1. The second-order valence-electron chi connectivity index (χ2n) is 8.90. The molecule has 4 aromatic rings. The standard InChI is InChI=1S/C25H25F3N6O2/c1-15-6-4-5-7-21(15)36-11-10-33-24(35)34-17(3)16(2)22(30-23(34)31-33)32-9-8-20-18(14-32)12-19(13-29-20)25(26,27)28/h4-7,12-13H,8-11,14H2,1-3H3. The van der Waals surface area contributed by atoms with Gasteiger partial charge in [-0.05, 0) is 44.0 Å². The zero-order chi connectivity index (χ0) is 25.6. The summed E-state index contributed by atoms with van der Waals surface area (Å²) in [5.41, 5.74) is 2.54. The van der Waals surface area contributed by atoms with Crippen LogP contribution in [0.2, 0.25) is 0 Å². The van der Waals surface area contributed by atoms with Gasteiger partial charge in [-0.25, -0.2) is 13.9 Å². The molecule has 0 unspecified atom stereocenters. The Labute approximate surface area is 205 Å². The molecule has 0 atom stereocenters. The number of halogens is 3. The van der Waals surface area contributed by atoms with Crippen LogP contribution in [0.4, 0.5) is 19.0 Å². The lowest BCUT2D eigenvalue weighted by atomic mass is 10.0. The molecule has 36 heavy (non-hydrogen) atoms. The Balaban J connectivity index is 1.42. The van der Waals surface area contributed by atoms with Gasteiger partial charge in [-0.3, -0.25) is 4.98 Å². The third kappa shape index (κ3) is 4.29. The van der Waals surface area contributed by atoms with Crippen LogP contribution in [-0.2, 0) is 25.7 Å². The highest BCUT2D eigenvalue weighted by atomic mass is 19.4. The highest BCUT2D eigenvalue weighted by Crippen LogP contribution is 2.32. The van der Waals surface area contributed by atoms with Crippen LogP contribution in [0.25, 0.3) is 5.78 Å². The van der Waals surface area contributed by atoms with E-state index in [0.717, 1.165) is 29.1 Å².